The highest BCUT2D eigenvalue weighted by atomic mass is 32.2. The number of alkyl halides is 1. The number of piperidine rings is 1. The third kappa shape index (κ3) is 5.57. The Morgan fingerprint density at radius 3 is 2.54 bits per heavy atom. The van der Waals surface area contributed by atoms with Gasteiger partial charge >= 0.3 is 0 Å². The van der Waals surface area contributed by atoms with Crippen LogP contribution in [0.15, 0.2) is 35.5 Å². The summed E-state index contributed by atoms with van der Waals surface area (Å²) in [6.07, 6.45) is 12.3. The van der Waals surface area contributed by atoms with Crippen molar-refractivity contribution < 1.29 is 27.8 Å². The Kier molecular flexibility index (Phi) is 9.09. The lowest BCUT2D eigenvalue weighted by Crippen LogP contribution is -2.66. The number of hydrogen-bond donors (Lipinski definition) is 3. The summed E-state index contributed by atoms with van der Waals surface area (Å²) in [5.74, 6) is 0.555. The molecule has 0 aromatic rings. The minimum Gasteiger partial charge on any atom is -0.391 e. The molecule has 2 fully saturated rings. The number of allylic oxidation sites excluding steroid dienone is 4. The topological polar surface area (TPSA) is 95.9 Å². The Balaban J connectivity index is 1.41. The van der Waals surface area contributed by atoms with E-state index < -0.39 is 44.8 Å². The van der Waals surface area contributed by atoms with Gasteiger partial charge < -0.3 is 14.9 Å². The summed E-state index contributed by atoms with van der Waals surface area (Å²) in [4.78, 5) is 0. The molecule has 12 unspecified atom stereocenters. The van der Waals surface area contributed by atoms with Crippen molar-refractivity contribution in [3.05, 3.63) is 35.5 Å². The van der Waals surface area contributed by atoms with Crippen molar-refractivity contribution in [2.75, 3.05) is 7.11 Å². The summed E-state index contributed by atoms with van der Waals surface area (Å²) in [5, 5.41) is 24.3. The minimum atomic E-state index is -3.90. The van der Waals surface area contributed by atoms with Gasteiger partial charge in [0, 0.05) is 19.1 Å². The molecule has 1 saturated heterocycles. The quantitative estimate of drug-likeness (QED) is 0.353. The summed E-state index contributed by atoms with van der Waals surface area (Å²) >= 11 is 0. The third-order valence-corrected chi connectivity index (χ3v) is 13.0. The summed E-state index contributed by atoms with van der Waals surface area (Å²) in [7, 11) is -2.21. The molecule has 6 nitrogen and oxygen atoms in total. The number of halogens is 1. The Labute approximate surface area is 234 Å². The normalized spacial score (nSPS) is 44.4. The largest absolute Gasteiger partial charge is 0.391 e. The highest BCUT2D eigenvalue weighted by molar-refractivity contribution is 7.92. The van der Waals surface area contributed by atoms with E-state index in [1.54, 1.807) is 19.3 Å². The molecule has 0 amide bonds. The molecule has 0 spiro atoms. The molecule has 3 N–H and O–H groups in total. The van der Waals surface area contributed by atoms with Crippen LogP contribution in [-0.2, 0) is 14.6 Å². The van der Waals surface area contributed by atoms with Gasteiger partial charge in [0.15, 0.2) is 9.84 Å². The highest BCUT2D eigenvalue weighted by Crippen LogP contribution is 2.55. The number of methoxy groups -OCH3 is 1. The molecule has 0 aromatic heterocycles. The number of ether oxygens (including phenoxy) is 1. The fraction of sp³-hybridized carbons (Fsp3) is 0.806. The van der Waals surface area contributed by atoms with Crippen LogP contribution in [0.2, 0.25) is 0 Å². The molecule has 1 heterocycles. The number of fused-ring (bicyclic) bond motifs is 1. The van der Waals surface area contributed by atoms with Crippen LogP contribution in [0.5, 0.6) is 0 Å². The van der Waals surface area contributed by atoms with Gasteiger partial charge in [-0.1, -0.05) is 56.6 Å². The first-order valence-electron chi connectivity index (χ1n) is 15.3. The van der Waals surface area contributed by atoms with E-state index >= 15 is 0 Å². The number of unbranched alkanes of at least 4 members (excludes halogenated alkanes) is 1. The fourth-order valence-electron chi connectivity index (χ4n) is 8.25. The van der Waals surface area contributed by atoms with E-state index in [1.165, 1.54) is 5.57 Å². The average molecular weight is 566 g/mol. The maximum atomic E-state index is 14.1. The smallest absolute Gasteiger partial charge is 0.166 e. The number of rotatable bonds is 9. The minimum absolute atomic E-state index is 0.129. The van der Waals surface area contributed by atoms with Crippen molar-refractivity contribution in [1.29, 1.82) is 0 Å². The summed E-state index contributed by atoms with van der Waals surface area (Å²) in [5.41, 5.74) is 2.30. The fourth-order valence-corrected chi connectivity index (χ4v) is 10.4. The Hall–Kier alpha value is -1.06. The van der Waals surface area contributed by atoms with Gasteiger partial charge in [-0.3, -0.25) is 5.32 Å². The van der Waals surface area contributed by atoms with E-state index in [1.807, 2.05) is 12.2 Å². The zero-order chi connectivity index (χ0) is 27.9. The molecule has 4 aliphatic carbocycles. The number of sulfone groups is 1. The second kappa shape index (κ2) is 12.0. The van der Waals surface area contributed by atoms with Gasteiger partial charge in [-0.05, 0) is 80.6 Å². The lowest BCUT2D eigenvalue weighted by atomic mass is 9.72. The predicted molar refractivity (Wildman–Crippen MR) is 151 cm³/mol. The van der Waals surface area contributed by atoms with Crippen LogP contribution in [0.4, 0.5) is 4.39 Å². The van der Waals surface area contributed by atoms with Crippen LogP contribution < -0.4 is 5.32 Å². The predicted octanol–water partition coefficient (Wildman–Crippen LogP) is 4.63. The van der Waals surface area contributed by atoms with Crippen molar-refractivity contribution in [3.8, 4) is 0 Å². The Morgan fingerprint density at radius 1 is 1.08 bits per heavy atom. The van der Waals surface area contributed by atoms with Crippen molar-refractivity contribution in [2.24, 2.45) is 29.6 Å². The Bertz CT molecular complexity index is 1070. The van der Waals surface area contributed by atoms with Gasteiger partial charge in [0.1, 0.15) is 17.6 Å². The molecule has 1 saturated carbocycles. The molecule has 1 aliphatic heterocycles. The molecule has 12 atom stereocenters. The molecule has 220 valence electrons. The van der Waals surface area contributed by atoms with E-state index in [9.17, 15) is 23.0 Å². The molecule has 8 heteroatoms. The first kappa shape index (κ1) is 29.4. The van der Waals surface area contributed by atoms with Gasteiger partial charge in [0.2, 0.25) is 0 Å². The zero-order valence-electron chi connectivity index (χ0n) is 23.7. The molecule has 39 heavy (non-hydrogen) atoms. The summed E-state index contributed by atoms with van der Waals surface area (Å²) in [6, 6.07) is -0.219. The van der Waals surface area contributed by atoms with E-state index in [0.717, 1.165) is 56.9 Å². The van der Waals surface area contributed by atoms with Crippen molar-refractivity contribution in [1.82, 2.24) is 5.32 Å². The molecular weight excluding hydrogens is 517 g/mol. The molecule has 5 aliphatic rings. The lowest BCUT2D eigenvalue weighted by Gasteiger charge is -2.48. The van der Waals surface area contributed by atoms with Crippen LogP contribution in [0.1, 0.15) is 78.1 Å². The maximum Gasteiger partial charge on any atom is 0.166 e. The number of aliphatic hydroxyl groups excluding tert-OH is 2. The SMILES string of the molecule is CCCCC1NC(O)C(S(=O)(=O)C2C=CC(C3C=CC(F)C4CC34)CC2)C(O)C1C1=C(CC)CCCC1OC. The first-order valence-corrected chi connectivity index (χ1v) is 16.9. The zero-order valence-corrected chi connectivity index (χ0v) is 24.5. The second-order valence-electron chi connectivity index (χ2n) is 12.6. The lowest BCUT2D eigenvalue weighted by molar-refractivity contribution is -0.0287. The van der Waals surface area contributed by atoms with Crippen LogP contribution >= 0.6 is 0 Å². The van der Waals surface area contributed by atoms with Crippen LogP contribution in [-0.4, -0.2) is 66.9 Å². The van der Waals surface area contributed by atoms with Crippen LogP contribution in [0, 0.1) is 29.6 Å². The molecule has 0 aromatic carbocycles. The summed E-state index contributed by atoms with van der Waals surface area (Å²) in [6.45, 7) is 4.22. The average Bonchev–Trinajstić information content (AvgIpc) is 3.74. The first-order chi connectivity index (χ1) is 18.7. The standard InChI is InChI=1S/C31H48FNO5S/c1-4-6-9-25-28(27-18(5-2)8-7-10-26(27)38-3)29(34)30(31(35)33-25)39(36,37)20-13-11-19(12-14-20)21-15-16-24(32)23-17-22(21)23/h11,13,15-16,19-26,28-31,33-35H,4-10,12,14,17H2,1-3H3. The van der Waals surface area contributed by atoms with Gasteiger partial charge in [0.05, 0.1) is 17.5 Å². The monoisotopic (exact) mass is 565 g/mol. The van der Waals surface area contributed by atoms with Crippen LogP contribution in [0.3, 0.4) is 0 Å². The van der Waals surface area contributed by atoms with E-state index in [4.69, 9.17) is 4.74 Å². The summed E-state index contributed by atoms with van der Waals surface area (Å²) < 4.78 is 48.0. The maximum absolute atomic E-state index is 14.1. The Morgan fingerprint density at radius 2 is 1.87 bits per heavy atom. The van der Waals surface area contributed by atoms with Crippen molar-refractivity contribution >= 4 is 9.84 Å². The molecule has 0 bridgehead atoms. The van der Waals surface area contributed by atoms with Crippen molar-refractivity contribution in [2.45, 2.75) is 119 Å². The number of aliphatic hydroxyl groups is 2. The van der Waals surface area contributed by atoms with Gasteiger partial charge in [0.25, 0.3) is 0 Å². The van der Waals surface area contributed by atoms with Crippen LogP contribution in [0.25, 0.3) is 0 Å². The second-order valence-corrected chi connectivity index (χ2v) is 14.9. The van der Waals surface area contributed by atoms with E-state index in [2.05, 4.69) is 19.2 Å². The third-order valence-electron chi connectivity index (χ3n) is 10.4. The number of hydrogen-bond acceptors (Lipinski definition) is 6. The molecule has 0 radical (unpaired) electrons. The highest BCUT2D eigenvalue weighted by Gasteiger charge is 2.54. The van der Waals surface area contributed by atoms with Gasteiger partial charge in [-0.2, -0.15) is 0 Å². The van der Waals surface area contributed by atoms with E-state index in [-0.39, 0.29) is 29.9 Å². The molecular formula is C31H48FNO5S. The van der Waals surface area contributed by atoms with Gasteiger partial charge in [-0.25, -0.2) is 12.8 Å². The van der Waals surface area contributed by atoms with E-state index in [0.29, 0.717) is 18.8 Å². The number of nitrogens with one attached hydrogen (secondary N) is 1. The molecule has 5 rings (SSSR count). The van der Waals surface area contributed by atoms with Crippen molar-refractivity contribution in [3.63, 3.8) is 0 Å². The van der Waals surface area contributed by atoms with Gasteiger partial charge in [-0.15, -0.1) is 0 Å².